The van der Waals surface area contributed by atoms with Crippen LogP contribution in [0.3, 0.4) is 0 Å². The molecular formula is C7H9N2O8S3. The summed E-state index contributed by atoms with van der Waals surface area (Å²) in [5.74, 6) is -1.02. The first-order valence-electron chi connectivity index (χ1n) is 4.61. The molecular weight excluding hydrogens is 336 g/mol. The Morgan fingerprint density at radius 1 is 1.00 bits per heavy atom. The molecule has 0 aromatic heterocycles. The van der Waals surface area contributed by atoms with Crippen molar-refractivity contribution in [3.8, 4) is 0 Å². The Kier molecular flexibility index (Phi) is 4.42. The van der Waals surface area contributed by atoms with Crippen LogP contribution >= 0.6 is 0 Å². The van der Waals surface area contributed by atoms with Crippen molar-refractivity contribution in [3.63, 3.8) is 0 Å². The van der Waals surface area contributed by atoms with Crippen LogP contribution in [-0.2, 0) is 30.3 Å². The molecule has 10 nitrogen and oxygen atoms in total. The second-order valence-corrected chi connectivity index (χ2v) is 7.87. The predicted octanol–water partition coefficient (Wildman–Crippen LogP) is -0.838. The summed E-state index contributed by atoms with van der Waals surface area (Å²) in [6.45, 7) is 0. The van der Waals surface area contributed by atoms with Gasteiger partial charge < -0.3 is 5.32 Å². The van der Waals surface area contributed by atoms with Gasteiger partial charge in [-0.05, 0) is 18.2 Å². The fraction of sp³-hybridized carbons (Fsp3) is 0.143. The van der Waals surface area contributed by atoms with Crippen LogP contribution in [0.15, 0.2) is 28.0 Å². The van der Waals surface area contributed by atoms with E-state index >= 15 is 0 Å². The summed E-state index contributed by atoms with van der Waals surface area (Å²) in [6, 6.07) is 1.99. The average Bonchev–Trinajstić information content (AvgIpc) is 2.22. The van der Waals surface area contributed by atoms with Gasteiger partial charge in [0, 0.05) is 0 Å². The first-order chi connectivity index (χ1) is 8.81. The highest BCUT2D eigenvalue weighted by Crippen LogP contribution is 2.24. The Bertz CT molecular complexity index is 825. The number of hydrogen-bond donors (Lipinski definition) is 3. The largest absolute Gasteiger partial charge is 0.369 e. The zero-order valence-corrected chi connectivity index (χ0v) is 12.0. The molecule has 113 valence electrons. The van der Waals surface area contributed by atoms with Gasteiger partial charge in [-0.25, -0.2) is 8.42 Å². The second kappa shape index (κ2) is 5.27. The van der Waals surface area contributed by atoms with Gasteiger partial charge in [-0.1, -0.05) is 0 Å². The second-order valence-electron chi connectivity index (χ2n) is 3.54. The van der Waals surface area contributed by atoms with Gasteiger partial charge in [0.2, 0.25) is 10.0 Å². The van der Waals surface area contributed by atoms with E-state index in [0.29, 0.717) is 18.2 Å². The molecule has 1 radical (unpaired) electrons. The Balaban J connectivity index is 3.42. The summed E-state index contributed by atoms with van der Waals surface area (Å²) in [5, 5.41) is 8.60. The summed E-state index contributed by atoms with van der Waals surface area (Å²) in [5.41, 5.74) is -0.585. The van der Waals surface area contributed by atoms with E-state index in [1.165, 1.54) is 0 Å². The number of sulfonamides is 1. The quantitative estimate of drug-likeness (QED) is 0.573. The van der Waals surface area contributed by atoms with Crippen LogP contribution in [0.5, 0.6) is 0 Å². The number of nitrogens with one attached hydrogen (secondary N) is 2. The van der Waals surface area contributed by atoms with Gasteiger partial charge in [0.1, 0.15) is 10.8 Å². The van der Waals surface area contributed by atoms with Crippen molar-refractivity contribution in [2.75, 3.05) is 11.2 Å². The lowest BCUT2D eigenvalue weighted by Gasteiger charge is -2.10. The smallest absolute Gasteiger partial charge is 0.296 e. The monoisotopic (exact) mass is 345 g/mol. The van der Waals surface area contributed by atoms with Crippen molar-refractivity contribution >= 4 is 35.9 Å². The van der Waals surface area contributed by atoms with E-state index in [1.54, 1.807) is 0 Å². The third-order valence-corrected chi connectivity index (χ3v) is 4.27. The van der Waals surface area contributed by atoms with Crippen LogP contribution < -0.4 is 10.5 Å². The number of anilines is 1. The molecule has 0 aliphatic carbocycles. The molecule has 1 aromatic rings. The van der Waals surface area contributed by atoms with Crippen LogP contribution in [0.25, 0.3) is 0 Å². The lowest BCUT2D eigenvalue weighted by Crippen LogP contribution is -2.17. The Morgan fingerprint density at radius 2 is 1.55 bits per heavy atom. The normalized spacial score (nSPS) is 13.2. The molecule has 13 heteroatoms. The molecule has 0 saturated heterocycles. The summed E-state index contributed by atoms with van der Waals surface area (Å²) in [7, 11) is -13.7. The van der Waals surface area contributed by atoms with Gasteiger partial charge in [0.25, 0.3) is 20.2 Å². The molecule has 0 spiro atoms. The zero-order valence-electron chi connectivity index (χ0n) is 9.51. The summed E-state index contributed by atoms with van der Waals surface area (Å²) >= 11 is 0. The van der Waals surface area contributed by atoms with Crippen LogP contribution in [0.1, 0.15) is 0 Å². The zero-order chi connectivity index (χ0) is 15.8. The van der Waals surface area contributed by atoms with Crippen LogP contribution in [0, 0.1) is 0 Å². The van der Waals surface area contributed by atoms with Crippen molar-refractivity contribution in [2.24, 2.45) is 0 Å². The highest BCUT2D eigenvalue weighted by molar-refractivity contribution is 7.88. The maximum absolute atomic E-state index is 11.0. The van der Waals surface area contributed by atoms with E-state index in [9.17, 15) is 25.3 Å². The maximum Gasteiger partial charge on any atom is 0.296 e. The van der Waals surface area contributed by atoms with Crippen molar-refractivity contribution < 1.29 is 34.4 Å². The average molecular weight is 345 g/mol. The van der Waals surface area contributed by atoms with Crippen LogP contribution in [0.4, 0.5) is 5.69 Å². The first-order valence-corrected chi connectivity index (χ1v) is 9.14. The highest BCUT2D eigenvalue weighted by atomic mass is 32.2. The minimum Gasteiger partial charge on any atom is -0.369 e. The molecule has 0 aliphatic heterocycles. The first kappa shape index (κ1) is 16.8. The molecule has 0 saturated carbocycles. The molecule has 20 heavy (non-hydrogen) atoms. The third-order valence-electron chi connectivity index (χ3n) is 1.98. The van der Waals surface area contributed by atoms with Gasteiger partial charge in [-0.3, -0.25) is 9.11 Å². The van der Waals surface area contributed by atoms with Gasteiger partial charge >= 0.3 is 0 Å². The van der Waals surface area contributed by atoms with Gasteiger partial charge in [-0.2, -0.15) is 16.8 Å². The van der Waals surface area contributed by atoms with Gasteiger partial charge in [-0.15, -0.1) is 5.14 Å². The predicted molar refractivity (Wildman–Crippen MR) is 66.6 cm³/mol. The van der Waals surface area contributed by atoms with Crippen LogP contribution in [-0.4, -0.2) is 40.2 Å². The van der Waals surface area contributed by atoms with Gasteiger partial charge in [0.05, 0.1) is 10.6 Å². The molecule has 0 bridgehead atoms. The van der Waals surface area contributed by atoms with E-state index in [4.69, 9.17) is 14.2 Å². The van der Waals surface area contributed by atoms with Crippen molar-refractivity contribution in [2.45, 2.75) is 9.79 Å². The minimum absolute atomic E-state index is 0.585. The van der Waals surface area contributed by atoms with E-state index in [-0.39, 0.29) is 0 Å². The molecule has 1 rings (SSSR count). The Hall–Kier alpha value is -1.25. The van der Waals surface area contributed by atoms with E-state index in [0.717, 1.165) is 0 Å². The molecule has 0 aliphatic rings. The molecule has 4 N–H and O–H groups in total. The highest BCUT2D eigenvalue weighted by Gasteiger charge is 2.20. The lowest BCUT2D eigenvalue weighted by atomic mass is 10.3. The number of benzene rings is 1. The molecule has 0 amide bonds. The molecule has 0 fully saturated rings. The van der Waals surface area contributed by atoms with E-state index in [1.807, 2.05) is 5.32 Å². The minimum atomic E-state index is -4.76. The standard InChI is InChI=1S/C7H9N2O8S3/c8-18(10,11)4-9-6-3-5(19(12,13)14)1-2-7(6)20(15,16)17/h1-3,8-9H,4H2,(H,12,13,14)(H,15,16,17). The molecule has 0 unspecified atom stereocenters. The lowest BCUT2D eigenvalue weighted by molar-refractivity contribution is 0.479. The van der Waals surface area contributed by atoms with Crippen molar-refractivity contribution in [1.29, 1.82) is 0 Å². The SMILES string of the molecule is [NH]S(=O)(=O)CNc1cc(S(=O)(=O)O)ccc1S(=O)(=O)O. The van der Waals surface area contributed by atoms with Crippen molar-refractivity contribution in [3.05, 3.63) is 18.2 Å². The summed E-state index contributed by atoms with van der Waals surface area (Å²) < 4.78 is 83.0. The fourth-order valence-electron chi connectivity index (χ4n) is 1.21. The van der Waals surface area contributed by atoms with Crippen molar-refractivity contribution in [1.82, 2.24) is 5.14 Å². The summed E-state index contributed by atoms with van der Waals surface area (Å²) in [4.78, 5) is -1.51. The fourth-order valence-corrected chi connectivity index (χ4v) is 2.71. The topological polar surface area (TPSA) is 179 Å². The molecule has 0 heterocycles. The van der Waals surface area contributed by atoms with Gasteiger partial charge in [0.15, 0.2) is 0 Å². The Morgan fingerprint density at radius 3 is 1.95 bits per heavy atom. The maximum atomic E-state index is 11.0. The van der Waals surface area contributed by atoms with Crippen LogP contribution in [0.2, 0.25) is 0 Å². The summed E-state index contributed by atoms with van der Waals surface area (Å²) in [6.07, 6.45) is 0. The number of rotatable bonds is 5. The third kappa shape index (κ3) is 4.69. The van der Waals surface area contributed by atoms with E-state index in [2.05, 4.69) is 0 Å². The Labute approximate surface area is 115 Å². The molecule has 1 aromatic carbocycles. The number of hydrogen-bond acceptors (Lipinski definition) is 7. The molecule has 0 atom stereocenters. The van der Waals surface area contributed by atoms with E-state index < -0.39 is 51.6 Å².